The summed E-state index contributed by atoms with van der Waals surface area (Å²) >= 11 is 1.75. The van der Waals surface area contributed by atoms with E-state index in [1.807, 2.05) is 0 Å². The van der Waals surface area contributed by atoms with Crippen LogP contribution in [-0.4, -0.2) is 19.1 Å². The van der Waals surface area contributed by atoms with Crippen LogP contribution in [0.3, 0.4) is 0 Å². The summed E-state index contributed by atoms with van der Waals surface area (Å²) in [4.78, 5) is 0. The van der Waals surface area contributed by atoms with Crippen molar-refractivity contribution in [1.82, 2.24) is 5.32 Å². The van der Waals surface area contributed by atoms with Crippen molar-refractivity contribution in [2.75, 3.05) is 13.1 Å². The summed E-state index contributed by atoms with van der Waals surface area (Å²) in [6.07, 6.45) is 1.10. The Morgan fingerprint density at radius 1 is 1.67 bits per heavy atom. The summed E-state index contributed by atoms with van der Waals surface area (Å²) in [5.41, 5.74) is 6.88. The zero-order chi connectivity index (χ0) is 8.81. The highest BCUT2D eigenvalue weighted by Gasteiger charge is 1.97. The number of rotatable bonds is 5. The second kappa shape index (κ2) is 5.30. The molecule has 1 atom stereocenters. The lowest BCUT2D eigenvalue weighted by Crippen LogP contribution is -2.34. The molecule has 0 saturated carbocycles. The third-order valence-corrected chi connectivity index (χ3v) is 2.57. The van der Waals surface area contributed by atoms with Crippen LogP contribution in [0, 0.1) is 0 Å². The fourth-order valence-corrected chi connectivity index (χ4v) is 1.68. The molecule has 0 amide bonds. The Bertz CT molecular complexity index is 196. The van der Waals surface area contributed by atoms with E-state index in [1.54, 1.807) is 11.3 Å². The predicted molar refractivity (Wildman–Crippen MR) is 54.5 cm³/mol. The molecule has 1 rings (SSSR count). The Kier molecular flexibility index (Phi) is 4.29. The number of hydrogen-bond acceptors (Lipinski definition) is 3. The molecule has 1 aromatic heterocycles. The van der Waals surface area contributed by atoms with Gasteiger partial charge in [0.05, 0.1) is 0 Å². The predicted octanol–water partition coefficient (Wildman–Crippen LogP) is 1.23. The van der Waals surface area contributed by atoms with E-state index >= 15 is 0 Å². The van der Waals surface area contributed by atoms with E-state index in [2.05, 4.69) is 29.1 Å². The van der Waals surface area contributed by atoms with Gasteiger partial charge in [-0.05, 0) is 42.3 Å². The zero-order valence-corrected chi connectivity index (χ0v) is 8.23. The SMILES string of the molecule is CC(CN)NCCc1ccsc1. The summed E-state index contributed by atoms with van der Waals surface area (Å²) in [5.74, 6) is 0. The lowest BCUT2D eigenvalue weighted by atomic mass is 10.2. The van der Waals surface area contributed by atoms with Crippen LogP contribution in [0.1, 0.15) is 12.5 Å². The molecule has 12 heavy (non-hydrogen) atoms. The standard InChI is InChI=1S/C9H16N2S/c1-8(6-10)11-4-2-9-3-5-12-7-9/h3,5,7-8,11H,2,4,6,10H2,1H3. The maximum Gasteiger partial charge on any atom is 0.0162 e. The van der Waals surface area contributed by atoms with Crippen LogP contribution in [0.15, 0.2) is 16.8 Å². The van der Waals surface area contributed by atoms with E-state index < -0.39 is 0 Å². The van der Waals surface area contributed by atoms with Crippen molar-refractivity contribution >= 4 is 11.3 Å². The van der Waals surface area contributed by atoms with Crippen molar-refractivity contribution in [2.24, 2.45) is 5.73 Å². The molecule has 3 heteroatoms. The normalized spacial score (nSPS) is 13.2. The minimum Gasteiger partial charge on any atom is -0.329 e. The molecule has 0 saturated heterocycles. The van der Waals surface area contributed by atoms with Gasteiger partial charge < -0.3 is 11.1 Å². The first-order valence-electron chi connectivity index (χ1n) is 4.27. The summed E-state index contributed by atoms with van der Waals surface area (Å²) in [6, 6.07) is 2.60. The molecule has 0 fully saturated rings. The van der Waals surface area contributed by atoms with Gasteiger partial charge in [0.2, 0.25) is 0 Å². The monoisotopic (exact) mass is 184 g/mol. The molecule has 0 bridgehead atoms. The molecule has 1 unspecified atom stereocenters. The van der Waals surface area contributed by atoms with Gasteiger partial charge in [0, 0.05) is 12.6 Å². The van der Waals surface area contributed by atoms with E-state index in [9.17, 15) is 0 Å². The molecular weight excluding hydrogens is 168 g/mol. The van der Waals surface area contributed by atoms with Gasteiger partial charge in [-0.2, -0.15) is 11.3 Å². The van der Waals surface area contributed by atoms with Crippen molar-refractivity contribution in [2.45, 2.75) is 19.4 Å². The van der Waals surface area contributed by atoms with Crippen LogP contribution in [-0.2, 0) is 6.42 Å². The molecule has 68 valence electrons. The topological polar surface area (TPSA) is 38.0 Å². The minimum atomic E-state index is 0.434. The van der Waals surface area contributed by atoms with Crippen LogP contribution in [0.5, 0.6) is 0 Å². The van der Waals surface area contributed by atoms with Gasteiger partial charge in [-0.1, -0.05) is 0 Å². The van der Waals surface area contributed by atoms with E-state index in [0.717, 1.165) is 13.0 Å². The summed E-state index contributed by atoms with van der Waals surface area (Å²) in [7, 11) is 0. The van der Waals surface area contributed by atoms with Gasteiger partial charge in [0.1, 0.15) is 0 Å². The zero-order valence-electron chi connectivity index (χ0n) is 7.42. The summed E-state index contributed by atoms with van der Waals surface area (Å²) in [5, 5.41) is 7.65. The van der Waals surface area contributed by atoms with Gasteiger partial charge in [-0.25, -0.2) is 0 Å². The van der Waals surface area contributed by atoms with Crippen molar-refractivity contribution in [1.29, 1.82) is 0 Å². The van der Waals surface area contributed by atoms with Crippen LogP contribution in [0.2, 0.25) is 0 Å². The van der Waals surface area contributed by atoms with Gasteiger partial charge in [-0.15, -0.1) is 0 Å². The Morgan fingerprint density at radius 2 is 2.50 bits per heavy atom. The lowest BCUT2D eigenvalue weighted by Gasteiger charge is -2.09. The van der Waals surface area contributed by atoms with E-state index in [1.165, 1.54) is 5.56 Å². The Balaban J connectivity index is 2.11. The van der Waals surface area contributed by atoms with Crippen molar-refractivity contribution < 1.29 is 0 Å². The lowest BCUT2D eigenvalue weighted by molar-refractivity contribution is 0.559. The van der Waals surface area contributed by atoms with Crippen molar-refractivity contribution in [3.8, 4) is 0 Å². The average molecular weight is 184 g/mol. The smallest absolute Gasteiger partial charge is 0.0162 e. The third-order valence-electron chi connectivity index (χ3n) is 1.84. The number of nitrogens with one attached hydrogen (secondary N) is 1. The molecule has 0 aromatic carbocycles. The molecule has 0 spiro atoms. The van der Waals surface area contributed by atoms with Gasteiger partial charge in [0.15, 0.2) is 0 Å². The average Bonchev–Trinajstić information content (AvgIpc) is 2.57. The largest absolute Gasteiger partial charge is 0.329 e. The highest BCUT2D eigenvalue weighted by molar-refractivity contribution is 7.07. The Labute approximate surface area is 77.8 Å². The molecule has 0 aliphatic heterocycles. The number of nitrogens with two attached hydrogens (primary N) is 1. The summed E-state index contributed by atoms with van der Waals surface area (Å²) < 4.78 is 0. The van der Waals surface area contributed by atoms with Crippen LogP contribution in [0.4, 0.5) is 0 Å². The number of hydrogen-bond donors (Lipinski definition) is 2. The fourth-order valence-electron chi connectivity index (χ4n) is 0.981. The second-order valence-corrected chi connectivity index (χ2v) is 3.75. The fraction of sp³-hybridized carbons (Fsp3) is 0.556. The van der Waals surface area contributed by atoms with Crippen LogP contribution in [0.25, 0.3) is 0 Å². The molecule has 1 heterocycles. The van der Waals surface area contributed by atoms with E-state index in [4.69, 9.17) is 5.73 Å². The van der Waals surface area contributed by atoms with Gasteiger partial charge in [0.25, 0.3) is 0 Å². The maximum atomic E-state index is 5.47. The van der Waals surface area contributed by atoms with Crippen molar-refractivity contribution in [3.63, 3.8) is 0 Å². The van der Waals surface area contributed by atoms with E-state index in [-0.39, 0.29) is 0 Å². The first-order valence-corrected chi connectivity index (χ1v) is 5.21. The molecule has 1 aromatic rings. The molecule has 2 nitrogen and oxygen atoms in total. The quantitative estimate of drug-likeness (QED) is 0.722. The van der Waals surface area contributed by atoms with Crippen LogP contribution < -0.4 is 11.1 Å². The van der Waals surface area contributed by atoms with E-state index in [0.29, 0.717) is 12.6 Å². The molecule has 3 N–H and O–H groups in total. The van der Waals surface area contributed by atoms with Gasteiger partial charge in [-0.3, -0.25) is 0 Å². The Morgan fingerprint density at radius 3 is 3.08 bits per heavy atom. The highest BCUT2D eigenvalue weighted by atomic mass is 32.1. The molecule has 0 aliphatic rings. The van der Waals surface area contributed by atoms with Gasteiger partial charge >= 0.3 is 0 Å². The molecule has 0 aliphatic carbocycles. The highest BCUT2D eigenvalue weighted by Crippen LogP contribution is 2.05. The van der Waals surface area contributed by atoms with Crippen LogP contribution >= 0.6 is 11.3 Å². The Hall–Kier alpha value is -0.380. The first kappa shape index (κ1) is 9.71. The summed E-state index contributed by atoms with van der Waals surface area (Å²) in [6.45, 7) is 3.84. The third kappa shape index (κ3) is 3.34. The number of thiophene rings is 1. The maximum absolute atomic E-state index is 5.47. The molecule has 0 radical (unpaired) electrons. The first-order chi connectivity index (χ1) is 5.83. The second-order valence-electron chi connectivity index (χ2n) is 2.97. The van der Waals surface area contributed by atoms with Crippen molar-refractivity contribution in [3.05, 3.63) is 22.4 Å². The minimum absolute atomic E-state index is 0.434. The molecular formula is C9H16N2S.